The van der Waals surface area contributed by atoms with Gasteiger partial charge >= 0.3 is 0 Å². The fourth-order valence-corrected chi connectivity index (χ4v) is 5.35. The third-order valence-electron chi connectivity index (χ3n) is 4.85. The Balaban J connectivity index is 1.57. The highest BCUT2D eigenvalue weighted by atomic mass is 32.2. The number of amides is 1. The van der Waals surface area contributed by atoms with E-state index in [1.54, 1.807) is 6.20 Å². The Labute approximate surface area is 146 Å². The summed E-state index contributed by atoms with van der Waals surface area (Å²) in [6.07, 6.45) is 4.11. The molecule has 7 nitrogen and oxygen atoms in total. The van der Waals surface area contributed by atoms with Crippen LogP contribution in [0, 0.1) is 0 Å². The topological polar surface area (TPSA) is 90.3 Å². The summed E-state index contributed by atoms with van der Waals surface area (Å²) in [5.74, 6) is -0.0146. The lowest BCUT2D eigenvalue weighted by molar-refractivity contribution is -0.122. The molecule has 0 aliphatic carbocycles. The second-order valence-corrected chi connectivity index (χ2v) is 8.97. The van der Waals surface area contributed by atoms with E-state index >= 15 is 0 Å². The number of carbonyl (C=O) groups is 1. The summed E-state index contributed by atoms with van der Waals surface area (Å²) < 4.78 is 30.8. The fourth-order valence-electron chi connectivity index (χ4n) is 3.68. The molecule has 2 saturated heterocycles. The van der Waals surface area contributed by atoms with Crippen molar-refractivity contribution in [3.63, 3.8) is 0 Å². The van der Waals surface area contributed by atoms with Gasteiger partial charge in [-0.05, 0) is 37.5 Å². The first-order valence-electron chi connectivity index (χ1n) is 8.57. The lowest BCUT2D eigenvalue weighted by Crippen LogP contribution is -2.38. The standard InChI is InChI=1S/C17H21N3O4S/c21-16(19-13-5-8-25(22,23)11-13)10-20-14(15-4-2-7-24-15)9-12-3-1-6-18-17(12)20/h1,3,6,9,13,15H,2,4-5,7-8,10-11H2,(H,19,21)/t13?,15-/m1/s1. The van der Waals surface area contributed by atoms with E-state index in [1.165, 1.54) is 0 Å². The van der Waals surface area contributed by atoms with Gasteiger partial charge in [0.1, 0.15) is 12.2 Å². The number of aromatic nitrogens is 2. The molecule has 0 bridgehead atoms. The van der Waals surface area contributed by atoms with Crippen LogP contribution in [0.5, 0.6) is 0 Å². The SMILES string of the molecule is O=C(Cn1c([C@H]2CCCO2)cc2cccnc21)NC1CCS(=O)(=O)C1. The molecule has 0 saturated carbocycles. The molecule has 4 rings (SSSR count). The van der Waals surface area contributed by atoms with Gasteiger partial charge in [0.15, 0.2) is 9.84 Å². The van der Waals surface area contributed by atoms with E-state index in [9.17, 15) is 13.2 Å². The van der Waals surface area contributed by atoms with Crippen molar-refractivity contribution in [3.8, 4) is 0 Å². The smallest absolute Gasteiger partial charge is 0.240 e. The largest absolute Gasteiger partial charge is 0.372 e. The van der Waals surface area contributed by atoms with Gasteiger partial charge in [0.05, 0.1) is 17.6 Å². The molecule has 2 aromatic heterocycles. The molecule has 4 heterocycles. The molecule has 0 radical (unpaired) electrons. The van der Waals surface area contributed by atoms with E-state index in [4.69, 9.17) is 4.74 Å². The van der Waals surface area contributed by atoms with Gasteiger partial charge in [-0.25, -0.2) is 13.4 Å². The Hall–Kier alpha value is -1.93. The predicted molar refractivity (Wildman–Crippen MR) is 92.9 cm³/mol. The van der Waals surface area contributed by atoms with Gasteiger partial charge < -0.3 is 14.6 Å². The minimum absolute atomic E-state index is 0.0196. The average molecular weight is 363 g/mol. The first-order chi connectivity index (χ1) is 12.0. The molecule has 2 fully saturated rings. The number of pyridine rings is 1. The van der Waals surface area contributed by atoms with Crippen LogP contribution in [0.1, 0.15) is 31.1 Å². The summed E-state index contributed by atoms with van der Waals surface area (Å²) >= 11 is 0. The number of carbonyl (C=O) groups excluding carboxylic acids is 1. The Bertz CT molecular complexity index is 900. The van der Waals surface area contributed by atoms with Crippen molar-refractivity contribution in [2.24, 2.45) is 0 Å². The number of nitrogens with zero attached hydrogens (tertiary/aromatic N) is 2. The van der Waals surface area contributed by atoms with Crippen molar-refractivity contribution in [1.82, 2.24) is 14.9 Å². The zero-order chi connectivity index (χ0) is 17.4. The molecule has 2 aromatic rings. The maximum atomic E-state index is 12.5. The summed E-state index contributed by atoms with van der Waals surface area (Å²) in [7, 11) is -3.01. The highest BCUT2D eigenvalue weighted by molar-refractivity contribution is 7.91. The maximum Gasteiger partial charge on any atom is 0.240 e. The zero-order valence-electron chi connectivity index (χ0n) is 13.8. The number of sulfone groups is 1. The van der Waals surface area contributed by atoms with Gasteiger partial charge in [-0.1, -0.05) is 0 Å². The molecule has 2 aliphatic heterocycles. The number of nitrogens with one attached hydrogen (secondary N) is 1. The van der Waals surface area contributed by atoms with Crippen LogP contribution in [0.4, 0.5) is 0 Å². The molecular formula is C17H21N3O4S. The van der Waals surface area contributed by atoms with Crippen LogP contribution >= 0.6 is 0 Å². The van der Waals surface area contributed by atoms with E-state index in [0.29, 0.717) is 6.42 Å². The molecule has 1 amide bonds. The number of hydrogen-bond acceptors (Lipinski definition) is 5. The van der Waals surface area contributed by atoms with Gasteiger partial charge in [-0.3, -0.25) is 4.79 Å². The van der Waals surface area contributed by atoms with Crippen LogP contribution in [0.25, 0.3) is 11.0 Å². The fraction of sp³-hybridized carbons (Fsp3) is 0.529. The van der Waals surface area contributed by atoms with Crippen molar-refractivity contribution < 1.29 is 17.9 Å². The van der Waals surface area contributed by atoms with Gasteiger partial charge in [-0.15, -0.1) is 0 Å². The van der Waals surface area contributed by atoms with Gasteiger partial charge in [0.25, 0.3) is 0 Å². The Morgan fingerprint density at radius 1 is 1.40 bits per heavy atom. The zero-order valence-corrected chi connectivity index (χ0v) is 14.7. The highest BCUT2D eigenvalue weighted by Gasteiger charge is 2.30. The first-order valence-corrected chi connectivity index (χ1v) is 10.4. The number of rotatable bonds is 4. The van der Waals surface area contributed by atoms with Crippen molar-refractivity contribution in [2.45, 2.75) is 38.0 Å². The average Bonchev–Trinajstić information content (AvgIpc) is 3.27. The van der Waals surface area contributed by atoms with Crippen molar-refractivity contribution in [3.05, 3.63) is 30.1 Å². The Kier molecular flexibility index (Phi) is 4.24. The third-order valence-corrected chi connectivity index (χ3v) is 6.61. The summed E-state index contributed by atoms with van der Waals surface area (Å²) in [5.41, 5.74) is 1.71. The van der Waals surface area contributed by atoms with Crippen molar-refractivity contribution >= 4 is 26.8 Å². The van der Waals surface area contributed by atoms with Gasteiger partial charge in [-0.2, -0.15) is 0 Å². The number of ether oxygens (including phenoxy) is 1. The summed E-state index contributed by atoms with van der Waals surface area (Å²) in [6, 6.07) is 5.58. The van der Waals surface area contributed by atoms with Gasteiger partial charge in [0, 0.05) is 29.9 Å². The maximum absolute atomic E-state index is 12.5. The van der Waals surface area contributed by atoms with E-state index in [0.717, 1.165) is 36.2 Å². The number of hydrogen-bond donors (Lipinski definition) is 1. The second-order valence-electron chi connectivity index (χ2n) is 6.74. The molecule has 2 atom stereocenters. The quantitative estimate of drug-likeness (QED) is 0.881. The summed E-state index contributed by atoms with van der Waals surface area (Å²) in [6.45, 7) is 0.845. The van der Waals surface area contributed by atoms with Crippen LogP contribution in [0.15, 0.2) is 24.4 Å². The molecule has 134 valence electrons. The summed E-state index contributed by atoms with van der Waals surface area (Å²) in [5, 5.41) is 3.82. The van der Waals surface area contributed by atoms with Crippen LogP contribution in [0.2, 0.25) is 0 Å². The minimum Gasteiger partial charge on any atom is -0.372 e. The molecule has 1 unspecified atom stereocenters. The van der Waals surface area contributed by atoms with E-state index in [2.05, 4.69) is 10.3 Å². The Morgan fingerprint density at radius 2 is 2.28 bits per heavy atom. The van der Waals surface area contributed by atoms with Crippen LogP contribution in [0.3, 0.4) is 0 Å². The highest BCUT2D eigenvalue weighted by Crippen LogP contribution is 2.32. The molecule has 0 aromatic carbocycles. The third kappa shape index (κ3) is 3.41. The van der Waals surface area contributed by atoms with Crippen LogP contribution in [-0.4, -0.2) is 48.0 Å². The van der Waals surface area contributed by atoms with Crippen molar-refractivity contribution in [2.75, 3.05) is 18.1 Å². The summed E-state index contributed by atoms with van der Waals surface area (Å²) in [4.78, 5) is 16.9. The molecule has 1 N–H and O–H groups in total. The molecule has 0 spiro atoms. The molecule has 2 aliphatic rings. The van der Waals surface area contributed by atoms with Crippen LogP contribution in [-0.2, 0) is 25.9 Å². The predicted octanol–water partition coefficient (Wildman–Crippen LogP) is 1.19. The number of fused-ring (bicyclic) bond motifs is 1. The monoisotopic (exact) mass is 363 g/mol. The lowest BCUT2D eigenvalue weighted by atomic mass is 10.2. The van der Waals surface area contributed by atoms with E-state index < -0.39 is 9.84 Å². The normalized spacial score (nSPS) is 25.4. The molecule has 8 heteroatoms. The van der Waals surface area contributed by atoms with Crippen LogP contribution < -0.4 is 5.32 Å². The Morgan fingerprint density at radius 3 is 3.00 bits per heavy atom. The van der Waals surface area contributed by atoms with Gasteiger partial charge in [0.2, 0.25) is 5.91 Å². The first kappa shape index (κ1) is 16.5. The van der Waals surface area contributed by atoms with E-state index in [1.807, 2.05) is 22.8 Å². The van der Waals surface area contributed by atoms with E-state index in [-0.39, 0.29) is 36.1 Å². The second kappa shape index (κ2) is 6.42. The molecule has 25 heavy (non-hydrogen) atoms. The molecular weight excluding hydrogens is 342 g/mol. The minimum atomic E-state index is -3.01. The lowest BCUT2D eigenvalue weighted by Gasteiger charge is -2.16. The van der Waals surface area contributed by atoms with Crippen molar-refractivity contribution in [1.29, 1.82) is 0 Å².